The van der Waals surface area contributed by atoms with E-state index < -0.39 is 0 Å². The van der Waals surface area contributed by atoms with Crippen LogP contribution < -0.4 is 14.4 Å². The molecule has 0 heterocycles. The molecule has 0 aromatic heterocycles. The molecule has 0 aliphatic rings. The fourth-order valence-corrected chi connectivity index (χ4v) is 1.93. The van der Waals surface area contributed by atoms with Crippen LogP contribution in [-0.4, -0.2) is 27.3 Å². The average molecular weight is 248 g/mol. The van der Waals surface area contributed by atoms with Gasteiger partial charge >= 0.3 is 0 Å². The third-order valence-corrected chi connectivity index (χ3v) is 2.79. The van der Waals surface area contributed by atoms with Crippen molar-refractivity contribution >= 4 is 0 Å². The molecule has 1 aromatic carbocycles. The number of hydrogen-bond acceptors (Lipinski definition) is 2. The van der Waals surface area contributed by atoms with Crippen molar-refractivity contribution in [1.29, 1.82) is 0 Å². The smallest absolute Gasteiger partial charge is 0.127 e. The van der Waals surface area contributed by atoms with Gasteiger partial charge in [-0.25, -0.2) is 0 Å². The van der Waals surface area contributed by atoms with Crippen LogP contribution in [0.4, 0.5) is 0 Å². The maximum atomic E-state index is 5.38. The van der Waals surface area contributed by atoms with Crippen LogP contribution in [0.15, 0.2) is 43.5 Å². The first-order chi connectivity index (χ1) is 8.74. The lowest BCUT2D eigenvalue weighted by atomic mass is 10.1. The summed E-state index contributed by atoms with van der Waals surface area (Å²) in [6.07, 6.45) is 3.84. The van der Waals surface area contributed by atoms with Crippen LogP contribution >= 0.6 is 0 Å². The second-order valence-electron chi connectivity index (χ2n) is 4.09. The number of rotatable bonds is 8. The van der Waals surface area contributed by atoms with Crippen LogP contribution in [0.25, 0.3) is 0 Å². The number of quaternary nitrogens is 1. The van der Waals surface area contributed by atoms with Gasteiger partial charge in [0.1, 0.15) is 18.0 Å². The first-order valence-corrected chi connectivity index (χ1v) is 6.01. The maximum Gasteiger partial charge on any atom is 0.127 e. The van der Waals surface area contributed by atoms with Crippen LogP contribution in [0.1, 0.15) is 5.56 Å². The Kier molecular flexibility index (Phi) is 6.01. The largest absolute Gasteiger partial charge is 0.497 e. The van der Waals surface area contributed by atoms with E-state index in [9.17, 15) is 0 Å². The maximum absolute atomic E-state index is 5.38. The van der Waals surface area contributed by atoms with E-state index in [1.807, 2.05) is 30.4 Å². The van der Waals surface area contributed by atoms with Crippen LogP contribution in [0.2, 0.25) is 0 Å². The molecule has 0 saturated heterocycles. The molecule has 0 radical (unpaired) electrons. The Labute approximate surface area is 109 Å². The van der Waals surface area contributed by atoms with Gasteiger partial charge in [-0.05, 0) is 30.4 Å². The van der Waals surface area contributed by atoms with Gasteiger partial charge in [-0.2, -0.15) is 0 Å². The SMILES string of the molecule is C=CC[NH+](CC=C)Cc1cc(OC)ccc1OC. The highest BCUT2D eigenvalue weighted by Gasteiger charge is 2.11. The molecular weight excluding hydrogens is 226 g/mol. The summed E-state index contributed by atoms with van der Waals surface area (Å²) >= 11 is 0. The van der Waals surface area contributed by atoms with E-state index in [-0.39, 0.29) is 0 Å². The third kappa shape index (κ3) is 3.93. The second kappa shape index (κ2) is 7.56. The van der Waals surface area contributed by atoms with Crippen molar-refractivity contribution in [2.24, 2.45) is 0 Å². The Hall–Kier alpha value is -1.74. The van der Waals surface area contributed by atoms with Crippen molar-refractivity contribution in [3.63, 3.8) is 0 Å². The lowest BCUT2D eigenvalue weighted by Gasteiger charge is -2.18. The zero-order valence-corrected chi connectivity index (χ0v) is 11.2. The van der Waals surface area contributed by atoms with Gasteiger partial charge in [0.2, 0.25) is 0 Å². The summed E-state index contributed by atoms with van der Waals surface area (Å²) in [5, 5.41) is 0. The summed E-state index contributed by atoms with van der Waals surface area (Å²) in [4.78, 5) is 1.37. The molecule has 0 unspecified atom stereocenters. The number of methoxy groups -OCH3 is 2. The van der Waals surface area contributed by atoms with Crippen molar-refractivity contribution in [2.45, 2.75) is 6.54 Å². The Balaban J connectivity index is 2.90. The minimum absolute atomic E-state index is 0.849. The molecule has 3 nitrogen and oxygen atoms in total. The fourth-order valence-electron chi connectivity index (χ4n) is 1.93. The van der Waals surface area contributed by atoms with Crippen molar-refractivity contribution in [1.82, 2.24) is 0 Å². The average Bonchev–Trinajstić information content (AvgIpc) is 2.39. The topological polar surface area (TPSA) is 22.9 Å². The molecule has 0 bridgehead atoms. The van der Waals surface area contributed by atoms with Crippen LogP contribution in [0.3, 0.4) is 0 Å². The zero-order chi connectivity index (χ0) is 13.4. The molecule has 0 amide bonds. The van der Waals surface area contributed by atoms with Crippen molar-refractivity contribution in [3.8, 4) is 11.5 Å². The van der Waals surface area contributed by atoms with E-state index in [0.717, 1.165) is 36.7 Å². The number of nitrogens with one attached hydrogen (secondary N) is 1. The molecule has 0 atom stereocenters. The third-order valence-electron chi connectivity index (χ3n) is 2.79. The first-order valence-electron chi connectivity index (χ1n) is 6.01. The summed E-state index contributed by atoms with van der Waals surface area (Å²) < 4.78 is 10.6. The second-order valence-corrected chi connectivity index (χ2v) is 4.09. The zero-order valence-electron chi connectivity index (χ0n) is 11.2. The van der Waals surface area contributed by atoms with Gasteiger partial charge in [0.05, 0.1) is 32.9 Å². The van der Waals surface area contributed by atoms with E-state index in [2.05, 4.69) is 13.2 Å². The highest BCUT2D eigenvalue weighted by Crippen LogP contribution is 2.23. The highest BCUT2D eigenvalue weighted by atomic mass is 16.5. The predicted octanol–water partition coefficient (Wildman–Crippen LogP) is 1.46. The van der Waals surface area contributed by atoms with Crippen molar-refractivity contribution < 1.29 is 14.4 Å². The van der Waals surface area contributed by atoms with E-state index in [1.165, 1.54) is 4.90 Å². The van der Waals surface area contributed by atoms with E-state index in [4.69, 9.17) is 9.47 Å². The van der Waals surface area contributed by atoms with Crippen LogP contribution in [0.5, 0.6) is 11.5 Å². The number of hydrogen-bond donors (Lipinski definition) is 1. The Bertz CT molecular complexity index is 391. The quantitative estimate of drug-likeness (QED) is 0.704. The summed E-state index contributed by atoms with van der Waals surface area (Å²) in [5.41, 5.74) is 1.13. The monoisotopic (exact) mass is 248 g/mol. The molecule has 0 spiro atoms. The van der Waals surface area contributed by atoms with Crippen molar-refractivity contribution in [2.75, 3.05) is 27.3 Å². The van der Waals surface area contributed by atoms with Gasteiger partial charge in [0, 0.05) is 0 Å². The van der Waals surface area contributed by atoms with Crippen molar-refractivity contribution in [3.05, 3.63) is 49.1 Å². The molecule has 18 heavy (non-hydrogen) atoms. The van der Waals surface area contributed by atoms with E-state index in [0.29, 0.717) is 0 Å². The molecular formula is C15H22NO2+. The minimum Gasteiger partial charge on any atom is -0.497 e. The predicted molar refractivity (Wildman–Crippen MR) is 74.3 cm³/mol. The molecule has 0 fully saturated rings. The summed E-state index contributed by atoms with van der Waals surface area (Å²) in [6, 6.07) is 5.86. The number of benzene rings is 1. The summed E-state index contributed by atoms with van der Waals surface area (Å²) in [6.45, 7) is 10.2. The minimum atomic E-state index is 0.849. The van der Waals surface area contributed by atoms with Gasteiger partial charge in [-0.1, -0.05) is 13.2 Å². The molecule has 0 aliphatic heterocycles. The normalized spacial score (nSPS) is 10.2. The molecule has 0 saturated carbocycles. The van der Waals surface area contributed by atoms with Gasteiger partial charge in [-0.3, -0.25) is 0 Å². The van der Waals surface area contributed by atoms with Crippen LogP contribution in [-0.2, 0) is 6.54 Å². The number of ether oxygens (including phenoxy) is 2. The Morgan fingerprint density at radius 1 is 1.11 bits per heavy atom. The van der Waals surface area contributed by atoms with Crippen LogP contribution in [0, 0.1) is 0 Å². The standard InChI is InChI=1S/C15H21NO2/c1-5-9-16(10-6-2)12-13-11-14(17-3)7-8-15(13)18-4/h5-8,11H,1-2,9-10,12H2,3-4H3/p+1. The molecule has 0 aliphatic carbocycles. The molecule has 1 aromatic rings. The van der Waals surface area contributed by atoms with E-state index in [1.54, 1.807) is 14.2 Å². The van der Waals surface area contributed by atoms with Gasteiger partial charge in [-0.15, -0.1) is 0 Å². The molecule has 98 valence electrons. The molecule has 3 heteroatoms. The highest BCUT2D eigenvalue weighted by molar-refractivity contribution is 5.39. The van der Waals surface area contributed by atoms with Gasteiger partial charge in [0.25, 0.3) is 0 Å². The Morgan fingerprint density at radius 3 is 2.28 bits per heavy atom. The van der Waals surface area contributed by atoms with Gasteiger partial charge < -0.3 is 14.4 Å². The van der Waals surface area contributed by atoms with Gasteiger partial charge in [0.15, 0.2) is 0 Å². The fraction of sp³-hybridized carbons (Fsp3) is 0.333. The summed E-state index contributed by atoms with van der Waals surface area (Å²) in [7, 11) is 3.36. The first kappa shape index (κ1) is 14.3. The molecule has 1 N–H and O–H groups in total. The Morgan fingerprint density at radius 2 is 1.78 bits per heavy atom. The molecule has 1 rings (SSSR count). The van der Waals surface area contributed by atoms with E-state index >= 15 is 0 Å². The lowest BCUT2D eigenvalue weighted by Crippen LogP contribution is -3.10. The lowest BCUT2D eigenvalue weighted by molar-refractivity contribution is -0.902. The summed E-state index contributed by atoms with van der Waals surface area (Å²) in [5.74, 6) is 1.74.